The largest absolute Gasteiger partial charge is 0.370 e. The van der Waals surface area contributed by atoms with Crippen LogP contribution in [0.15, 0.2) is 6.07 Å². The number of aromatic nitrogens is 2. The quantitative estimate of drug-likeness (QED) is 0.790. The van der Waals surface area contributed by atoms with Crippen molar-refractivity contribution in [3.05, 3.63) is 17.0 Å². The van der Waals surface area contributed by atoms with E-state index in [0.29, 0.717) is 5.15 Å². The van der Waals surface area contributed by atoms with Gasteiger partial charge in [0.05, 0.1) is 0 Å². The highest BCUT2D eigenvalue weighted by atomic mass is 35.5. The predicted molar refractivity (Wildman–Crippen MR) is 90.0 cm³/mol. The number of nitrogens with one attached hydrogen (secondary N) is 1. The lowest BCUT2D eigenvalue weighted by Crippen LogP contribution is -2.22. The summed E-state index contributed by atoms with van der Waals surface area (Å²) in [5, 5.41) is 3.99. The molecule has 0 bridgehead atoms. The van der Waals surface area contributed by atoms with E-state index in [9.17, 15) is 0 Å². The third-order valence-electron chi connectivity index (χ3n) is 4.48. The highest BCUT2D eigenvalue weighted by molar-refractivity contribution is 6.29. The normalized spacial score (nSPS) is 23.1. The van der Waals surface area contributed by atoms with Gasteiger partial charge in [0, 0.05) is 18.0 Å². The molecule has 0 unspecified atom stereocenters. The second kappa shape index (κ2) is 6.95. The minimum Gasteiger partial charge on any atom is -0.370 e. The molecule has 0 atom stereocenters. The number of nitrogens with zero attached hydrogens (tertiary/aromatic N) is 2. The van der Waals surface area contributed by atoms with E-state index < -0.39 is 0 Å². The molecule has 0 radical (unpaired) electrons. The van der Waals surface area contributed by atoms with E-state index in [0.717, 1.165) is 30.0 Å². The van der Waals surface area contributed by atoms with Crippen molar-refractivity contribution in [2.24, 2.45) is 11.8 Å². The Morgan fingerprint density at radius 3 is 2.33 bits per heavy atom. The third kappa shape index (κ3) is 4.84. The smallest absolute Gasteiger partial charge is 0.137 e. The highest BCUT2D eigenvalue weighted by Crippen LogP contribution is 2.31. The number of rotatable bonds is 4. The minimum absolute atomic E-state index is 0.0828. The molecule has 4 heteroatoms. The molecule has 0 spiro atoms. The maximum atomic E-state index is 6.12. The summed E-state index contributed by atoms with van der Waals surface area (Å²) < 4.78 is 0. The summed E-state index contributed by atoms with van der Waals surface area (Å²) in [7, 11) is 0. The molecular formula is C17H28ClN3. The lowest BCUT2D eigenvalue weighted by molar-refractivity contribution is 0.278. The van der Waals surface area contributed by atoms with Crippen LogP contribution in [0.25, 0.3) is 0 Å². The van der Waals surface area contributed by atoms with Crippen LogP contribution in [0.5, 0.6) is 0 Å². The van der Waals surface area contributed by atoms with Crippen molar-refractivity contribution < 1.29 is 0 Å². The average Bonchev–Trinajstić information content (AvgIpc) is 2.44. The van der Waals surface area contributed by atoms with E-state index in [1.54, 1.807) is 0 Å². The van der Waals surface area contributed by atoms with Crippen molar-refractivity contribution in [3.8, 4) is 0 Å². The summed E-state index contributed by atoms with van der Waals surface area (Å²) in [4.78, 5) is 8.95. The predicted octanol–water partition coefficient (Wildman–Crippen LogP) is 5.06. The van der Waals surface area contributed by atoms with Crippen LogP contribution >= 0.6 is 11.6 Å². The van der Waals surface area contributed by atoms with Crippen molar-refractivity contribution in [1.82, 2.24) is 9.97 Å². The molecule has 0 saturated heterocycles. The fourth-order valence-electron chi connectivity index (χ4n) is 2.94. The first-order valence-electron chi connectivity index (χ1n) is 8.17. The Morgan fingerprint density at radius 1 is 1.14 bits per heavy atom. The van der Waals surface area contributed by atoms with Crippen molar-refractivity contribution in [2.45, 2.75) is 65.2 Å². The van der Waals surface area contributed by atoms with Gasteiger partial charge in [0.25, 0.3) is 0 Å². The first kappa shape index (κ1) is 16.5. The molecule has 1 fully saturated rings. The Labute approximate surface area is 133 Å². The first-order chi connectivity index (χ1) is 9.88. The Balaban J connectivity index is 1.93. The lowest BCUT2D eigenvalue weighted by Gasteiger charge is -2.28. The van der Waals surface area contributed by atoms with Gasteiger partial charge in [0.15, 0.2) is 0 Å². The zero-order valence-corrected chi connectivity index (χ0v) is 14.5. The van der Waals surface area contributed by atoms with Crippen molar-refractivity contribution in [3.63, 3.8) is 0 Å². The number of anilines is 1. The summed E-state index contributed by atoms with van der Waals surface area (Å²) in [6.07, 6.45) is 6.74. The Hall–Kier alpha value is -0.830. The third-order valence-corrected chi connectivity index (χ3v) is 4.67. The topological polar surface area (TPSA) is 37.8 Å². The molecule has 3 nitrogen and oxygen atoms in total. The van der Waals surface area contributed by atoms with E-state index in [4.69, 9.17) is 11.6 Å². The SMILES string of the molecule is CCC1CCC(CNc2cc(Cl)nc(C(C)(C)C)n2)CC1. The molecule has 0 aromatic carbocycles. The minimum atomic E-state index is -0.0828. The summed E-state index contributed by atoms with van der Waals surface area (Å²) in [5.74, 6) is 3.37. The van der Waals surface area contributed by atoms with Crippen LogP contribution in [0.1, 0.15) is 65.6 Å². The van der Waals surface area contributed by atoms with E-state index >= 15 is 0 Å². The molecule has 1 aliphatic carbocycles. The average molecular weight is 310 g/mol. The second-order valence-corrected chi connectivity index (χ2v) is 7.71. The van der Waals surface area contributed by atoms with Gasteiger partial charge in [-0.1, -0.05) is 58.6 Å². The Kier molecular flexibility index (Phi) is 5.48. The Morgan fingerprint density at radius 2 is 1.76 bits per heavy atom. The summed E-state index contributed by atoms with van der Waals surface area (Å²) in [5.41, 5.74) is -0.0828. The van der Waals surface area contributed by atoms with E-state index in [-0.39, 0.29) is 5.41 Å². The van der Waals surface area contributed by atoms with Gasteiger partial charge in [0.1, 0.15) is 16.8 Å². The lowest BCUT2D eigenvalue weighted by atomic mass is 9.81. The number of hydrogen-bond acceptors (Lipinski definition) is 3. The molecule has 21 heavy (non-hydrogen) atoms. The van der Waals surface area contributed by atoms with E-state index in [1.165, 1.54) is 32.1 Å². The van der Waals surface area contributed by atoms with Gasteiger partial charge < -0.3 is 5.32 Å². The van der Waals surface area contributed by atoms with Gasteiger partial charge in [-0.25, -0.2) is 9.97 Å². The van der Waals surface area contributed by atoms with Crippen molar-refractivity contribution in [2.75, 3.05) is 11.9 Å². The fraction of sp³-hybridized carbons (Fsp3) is 0.765. The number of halogens is 1. The molecule has 1 aliphatic rings. The second-order valence-electron chi connectivity index (χ2n) is 7.33. The standard InChI is InChI=1S/C17H28ClN3/c1-5-12-6-8-13(9-7-12)11-19-15-10-14(18)20-16(21-15)17(2,3)4/h10,12-13H,5-9,11H2,1-4H3,(H,19,20,21). The molecule has 0 amide bonds. The molecule has 1 heterocycles. The first-order valence-corrected chi connectivity index (χ1v) is 8.55. The summed E-state index contributed by atoms with van der Waals surface area (Å²) in [6.45, 7) is 9.62. The maximum Gasteiger partial charge on any atom is 0.137 e. The van der Waals surface area contributed by atoms with Crippen LogP contribution in [-0.4, -0.2) is 16.5 Å². The van der Waals surface area contributed by atoms with Gasteiger partial charge in [-0.2, -0.15) is 0 Å². The van der Waals surface area contributed by atoms with Crippen molar-refractivity contribution in [1.29, 1.82) is 0 Å². The Bertz CT molecular complexity index is 460. The van der Waals surface area contributed by atoms with Crippen molar-refractivity contribution >= 4 is 17.4 Å². The molecular weight excluding hydrogens is 282 g/mol. The van der Waals surface area contributed by atoms with Crippen LogP contribution in [-0.2, 0) is 5.41 Å². The molecule has 1 aromatic rings. The highest BCUT2D eigenvalue weighted by Gasteiger charge is 2.21. The summed E-state index contributed by atoms with van der Waals surface area (Å²) in [6, 6.07) is 1.83. The molecule has 1 saturated carbocycles. The maximum absolute atomic E-state index is 6.12. The van der Waals surface area contributed by atoms with E-state index in [1.807, 2.05) is 6.07 Å². The zero-order chi connectivity index (χ0) is 15.5. The number of hydrogen-bond donors (Lipinski definition) is 1. The fourth-order valence-corrected chi connectivity index (χ4v) is 3.12. The van der Waals surface area contributed by atoms with Crippen LogP contribution in [0, 0.1) is 11.8 Å². The summed E-state index contributed by atoms with van der Waals surface area (Å²) >= 11 is 6.12. The molecule has 1 N–H and O–H groups in total. The molecule has 1 aromatic heterocycles. The van der Waals surface area contributed by atoms with Crippen LogP contribution < -0.4 is 5.32 Å². The molecule has 2 rings (SSSR count). The van der Waals surface area contributed by atoms with Gasteiger partial charge in [-0.3, -0.25) is 0 Å². The van der Waals surface area contributed by atoms with Crippen LogP contribution in [0.3, 0.4) is 0 Å². The monoisotopic (exact) mass is 309 g/mol. The zero-order valence-electron chi connectivity index (χ0n) is 13.7. The van der Waals surface area contributed by atoms with Gasteiger partial charge in [0.2, 0.25) is 0 Å². The molecule has 0 aliphatic heterocycles. The van der Waals surface area contributed by atoms with Crippen LogP contribution in [0.4, 0.5) is 5.82 Å². The van der Waals surface area contributed by atoms with Gasteiger partial charge in [-0.05, 0) is 24.7 Å². The van der Waals surface area contributed by atoms with Gasteiger partial charge in [-0.15, -0.1) is 0 Å². The van der Waals surface area contributed by atoms with E-state index in [2.05, 4.69) is 43.0 Å². The van der Waals surface area contributed by atoms with Gasteiger partial charge >= 0.3 is 0 Å². The van der Waals surface area contributed by atoms with Crippen LogP contribution in [0.2, 0.25) is 5.15 Å². The molecule has 118 valence electrons.